The zero-order valence-corrected chi connectivity index (χ0v) is 14.0. The second-order valence-electron chi connectivity index (χ2n) is 5.69. The number of hydrogen-bond acceptors (Lipinski definition) is 3. The van der Waals surface area contributed by atoms with Crippen molar-refractivity contribution in [3.05, 3.63) is 63.7 Å². The first-order valence-corrected chi connectivity index (χ1v) is 7.86. The molecule has 0 fully saturated rings. The topological polar surface area (TPSA) is 52.7 Å². The monoisotopic (exact) mass is 378 g/mol. The van der Waals surface area contributed by atoms with E-state index in [4.69, 9.17) is 11.6 Å². The van der Waals surface area contributed by atoms with E-state index in [0.717, 1.165) is 10.6 Å². The zero-order valence-electron chi connectivity index (χ0n) is 13.3. The number of alkyl halides is 3. The normalized spacial score (nSPS) is 12.2. The lowest BCUT2D eigenvalue weighted by atomic mass is 10.1. The lowest BCUT2D eigenvalue weighted by molar-refractivity contribution is -0.141. The molecule has 0 aliphatic carbocycles. The number of rotatable bonds is 1. The minimum atomic E-state index is -4.64. The van der Waals surface area contributed by atoms with Crippen molar-refractivity contribution < 1.29 is 13.2 Å². The summed E-state index contributed by atoms with van der Waals surface area (Å²) in [5, 5.41) is 5.08. The molecular weight excluding hydrogens is 369 g/mol. The van der Waals surface area contributed by atoms with Gasteiger partial charge >= 0.3 is 6.18 Å². The molecule has 0 unspecified atom stereocenters. The summed E-state index contributed by atoms with van der Waals surface area (Å²) < 4.78 is 41.9. The third-order valence-corrected chi connectivity index (χ3v) is 4.42. The molecule has 3 heterocycles. The van der Waals surface area contributed by atoms with Gasteiger partial charge < -0.3 is 0 Å². The van der Waals surface area contributed by atoms with Crippen LogP contribution in [0.15, 0.2) is 47.4 Å². The van der Waals surface area contributed by atoms with Gasteiger partial charge in [-0.05, 0) is 24.3 Å². The number of fused-ring (bicyclic) bond motifs is 3. The highest BCUT2D eigenvalue weighted by Gasteiger charge is 2.33. The van der Waals surface area contributed by atoms with Crippen LogP contribution < -0.4 is 5.56 Å². The van der Waals surface area contributed by atoms with Gasteiger partial charge in [-0.15, -0.1) is 0 Å². The Morgan fingerprint density at radius 1 is 1.08 bits per heavy atom. The minimum absolute atomic E-state index is 0.126. The molecule has 0 amide bonds. The molecule has 4 rings (SSSR count). The van der Waals surface area contributed by atoms with Gasteiger partial charge in [0.2, 0.25) is 0 Å². The zero-order chi connectivity index (χ0) is 18.6. The molecule has 0 N–H and O–H groups in total. The summed E-state index contributed by atoms with van der Waals surface area (Å²) in [5.41, 5.74) is -1.27. The number of pyridine rings is 2. The van der Waals surface area contributed by atoms with Gasteiger partial charge in [-0.2, -0.15) is 18.3 Å². The van der Waals surface area contributed by atoms with Crippen LogP contribution in [0, 0.1) is 0 Å². The molecule has 0 atom stereocenters. The van der Waals surface area contributed by atoms with Crippen LogP contribution in [-0.4, -0.2) is 19.3 Å². The third kappa shape index (κ3) is 2.37. The SMILES string of the molecule is Cn1ncc2c3ccc(C(F)(F)F)nc3n(-c3ccccc3Cl)c(=O)c21. The Hall–Kier alpha value is -2.87. The van der Waals surface area contributed by atoms with Crippen molar-refractivity contribution >= 4 is 33.5 Å². The first-order valence-electron chi connectivity index (χ1n) is 7.48. The van der Waals surface area contributed by atoms with Crippen molar-refractivity contribution in [3.63, 3.8) is 0 Å². The quantitative estimate of drug-likeness (QED) is 0.504. The summed E-state index contributed by atoms with van der Waals surface area (Å²) in [5.74, 6) is 0. The van der Waals surface area contributed by atoms with Crippen molar-refractivity contribution in [3.8, 4) is 5.69 Å². The van der Waals surface area contributed by atoms with E-state index in [0.29, 0.717) is 10.8 Å². The van der Waals surface area contributed by atoms with Crippen molar-refractivity contribution in [2.24, 2.45) is 7.05 Å². The predicted octanol–water partition coefficient (Wildman–Crippen LogP) is 3.94. The Kier molecular flexibility index (Phi) is 3.55. The molecule has 0 bridgehead atoms. The van der Waals surface area contributed by atoms with Crippen molar-refractivity contribution in [1.82, 2.24) is 19.3 Å². The van der Waals surface area contributed by atoms with E-state index in [-0.39, 0.29) is 21.9 Å². The van der Waals surface area contributed by atoms with Crippen LogP contribution in [0.4, 0.5) is 13.2 Å². The molecule has 0 radical (unpaired) electrons. The van der Waals surface area contributed by atoms with Crippen LogP contribution in [0.5, 0.6) is 0 Å². The van der Waals surface area contributed by atoms with Crippen molar-refractivity contribution in [2.75, 3.05) is 0 Å². The van der Waals surface area contributed by atoms with Gasteiger partial charge in [0.1, 0.15) is 16.9 Å². The van der Waals surface area contributed by atoms with Gasteiger partial charge in [0.05, 0.1) is 16.9 Å². The second kappa shape index (κ2) is 5.57. The van der Waals surface area contributed by atoms with Crippen molar-refractivity contribution in [2.45, 2.75) is 6.18 Å². The lowest BCUT2D eigenvalue weighted by Crippen LogP contribution is -2.23. The number of hydrogen-bond donors (Lipinski definition) is 0. The van der Waals surface area contributed by atoms with E-state index in [9.17, 15) is 18.0 Å². The van der Waals surface area contributed by atoms with E-state index < -0.39 is 17.4 Å². The number of nitrogens with zero attached hydrogens (tertiary/aromatic N) is 4. The average molecular weight is 379 g/mol. The number of para-hydroxylation sites is 1. The Labute approximate surface area is 149 Å². The van der Waals surface area contributed by atoms with E-state index in [1.807, 2.05) is 0 Å². The summed E-state index contributed by atoms with van der Waals surface area (Å²) in [6, 6.07) is 8.58. The Morgan fingerprint density at radius 2 is 1.81 bits per heavy atom. The molecule has 3 aromatic heterocycles. The van der Waals surface area contributed by atoms with Crippen molar-refractivity contribution in [1.29, 1.82) is 0 Å². The molecule has 5 nitrogen and oxygen atoms in total. The molecule has 132 valence electrons. The second-order valence-corrected chi connectivity index (χ2v) is 6.10. The summed E-state index contributed by atoms with van der Waals surface area (Å²) in [4.78, 5) is 16.8. The largest absolute Gasteiger partial charge is 0.433 e. The van der Waals surface area contributed by atoms with Gasteiger partial charge in [-0.25, -0.2) is 4.98 Å². The first-order chi connectivity index (χ1) is 12.3. The Bertz CT molecular complexity index is 1230. The third-order valence-electron chi connectivity index (χ3n) is 4.11. The van der Waals surface area contributed by atoms with Crippen LogP contribution in [0.1, 0.15) is 5.69 Å². The highest BCUT2D eigenvalue weighted by Crippen LogP contribution is 2.32. The molecule has 0 saturated heterocycles. The van der Waals surface area contributed by atoms with E-state index in [1.54, 1.807) is 31.3 Å². The fourth-order valence-electron chi connectivity index (χ4n) is 2.93. The van der Waals surface area contributed by atoms with Crippen LogP contribution in [0.2, 0.25) is 5.02 Å². The van der Waals surface area contributed by atoms with Crippen LogP contribution >= 0.6 is 11.6 Å². The summed E-state index contributed by atoms with van der Waals surface area (Å²) in [6.45, 7) is 0. The molecule has 26 heavy (non-hydrogen) atoms. The fraction of sp³-hybridized carbons (Fsp3) is 0.118. The molecule has 0 aliphatic rings. The number of aromatic nitrogens is 4. The van der Waals surface area contributed by atoms with Gasteiger partial charge in [0.25, 0.3) is 5.56 Å². The molecule has 9 heteroatoms. The maximum absolute atomic E-state index is 13.2. The predicted molar refractivity (Wildman–Crippen MR) is 91.6 cm³/mol. The van der Waals surface area contributed by atoms with E-state index >= 15 is 0 Å². The number of benzene rings is 1. The highest BCUT2D eigenvalue weighted by molar-refractivity contribution is 6.32. The number of halogens is 4. The lowest BCUT2D eigenvalue weighted by Gasteiger charge is -2.14. The smallest absolute Gasteiger partial charge is 0.266 e. The number of aryl methyl sites for hydroxylation is 1. The highest BCUT2D eigenvalue weighted by atomic mass is 35.5. The van der Waals surface area contributed by atoms with Crippen LogP contribution in [0.3, 0.4) is 0 Å². The molecule has 4 aromatic rings. The molecule has 0 spiro atoms. The summed E-state index contributed by atoms with van der Waals surface area (Å²) in [6.07, 6.45) is -3.20. The molecular formula is C17H10ClF3N4O. The Morgan fingerprint density at radius 3 is 2.50 bits per heavy atom. The standard InChI is InChI=1S/C17H10ClF3N4O/c1-24-14-10(8-22-24)9-6-7-13(17(19,20)21)23-15(9)25(16(14)26)12-5-3-2-4-11(12)18/h2-8H,1H3. The Balaban J connectivity index is 2.26. The van der Waals surface area contributed by atoms with E-state index in [1.165, 1.54) is 16.9 Å². The minimum Gasteiger partial charge on any atom is -0.266 e. The molecule has 0 aliphatic heterocycles. The first kappa shape index (κ1) is 16.6. The van der Waals surface area contributed by atoms with Gasteiger partial charge in [-0.1, -0.05) is 23.7 Å². The summed E-state index contributed by atoms with van der Waals surface area (Å²) >= 11 is 6.19. The van der Waals surface area contributed by atoms with Gasteiger partial charge in [0.15, 0.2) is 0 Å². The molecule has 0 saturated carbocycles. The van der Waals surface area contributed by atoms with Crippen LogP contribution in [-0.2, 0) is 13.2 Å². The van der Waals surface area contributed by atoms with E-state index in [2.05, 4.69) is 10.1 Å². The van der Waals surface area contributed by atoms with Crippen LogP contribution in [0.25, 0.3) is 27.6 Å². The molecule has 1 aromatic carbocycles. The summed E-state index contributed by atoms with van der Waals surface area (Å²) in [7, 11) is 1.59. The van der Waals surface area contributed by atoms with Gasteiger partial charge in [0, 0.05) is 17.8 Å². The average Bonchev–Trinajstić information content (AvgIpc) is 2.97. The maximum atomic E-state index is 13.2. The maximum Gasteiger partial charge on any atom is 0.433 e. The fourth-order valence-corrected chi connectivity index (χ4v) is 3.15. The van der Waals surface area contributed by atoms with Gasteiger partial charge in [-0.3, -0.25) is 14.0 Å².